The Morgan fingerprint density at radius 1 is 0.941 bits per heavy atom. The summed E-state index contributed by atoms with van der Waals surface area (Å²) >= 11 is 0. The molecule has 0 spiro atoms. The van der Waals surface area contributed by atoms with E-state index in [1.165, 1.54) is 0 Å². The number of nitrogens with zero attached hydrogens (tertiary/aromatic N) is 2. The van der Waals surface area contributed by atoms with Crippen LogP contribution in [-0.4, -0.2) is 62.6 Å². The van der Waals surface area contributed by atoms with Crippen LogP contribution in [-0.2, 0) is 4.79 Å². The molecule has 1 heterocycles. The molecule has 1 aliphatic carbocycles. The van der Waals surface area contributed by atoms with Gasteiger partial charge >= 0.3 is 0 Å². The normalized spacial score (nSPS) is 16.3. The number of piperazine rings is 1. The number of nitrogens with one attached hydrogen (secondary N) is 2. The highest BCUT2D eigenvalue weighted by Gasteiger charge is 2.24. The van der Waals surface area contributed by atoms with Crippen LogP contribution >= 0.6 is 0 Å². The standard InChI is InChI=1S/C27H30N4O3/c1-30-12-14-31(15-13-30)23-10-8-22(9-11-23)29-27(33)24-16-19-4-2-3-5-20(19)17-25(24)34-18-26(32)28-21-6-7-21/h2-5,8-11,16-17,21H,6-7,12-15,18H2,1H3,(H,28,32)(H,29,33). The first kappa shape index (κ1) is 22.2. The first-order chi connectivity index (χ1) is 16.5. The first-order valence-electron chi connectivity index (χ1n) is 11.8. The summed E-state index contributed by atoms with van der Waals surface area (Å²) in [6, 6.07) is 19.6. The molecule has 0 radical (unpaired) electrons. The molecule has 0 aromatic heterocycles. The summed E-state index contributed by atoms with van der Waals surface area (Å²) in [5, 5.41) is 7.79. The highest BCUT2D eigenvalue weighted by molar-refractivity contribution is 6.08. The second-order valence-electron chi connectivity index (χ2n) is 9.12. The van der Waals surface area contributed by atoms with Crippen LogP contribution in [0.3, 0.4) is 0 Å². The molecule has 3 aromatic rings. The quantitative estimate of drug-likeness (QED) is 0.567. The van der Waals surface area contributed by atoms with Crippen LogP contribution in [0.25, 0.3) is 10.8 Å². The molecule has 2 aliphatic rings. The summed E-state index contributed by atoms with van der Waals surface area (Å²) in [5.74, 6) is -0.0339. The van der Waals surface area contributed by atoms with Crippen molar-refractivity contribution >= 4 is 34.0 Å². The van der Waals surface area contributed by atoms with Gasteiger partial charge in [-0.3, -0.25) is 9.59 Å². The molecule has 1 saturated carbocycles. The lowest BCUT2D eigenvalue weighted by molar-refractivity contribution is -0.123. The van der Waals surface area contributed by atoms with Crippen LogP contribution in [0.4, 0.5) is 11.4 Å². The summed E-state index contributed by atoms with van der Waals surface area (Å²) in [6.45, 7) is 3.96. The largest absolute Gasteiger partial charge is 0.483 e. The predicted molar refractivity (Wildman–Crippen MR) is 135 cm³/mol. The maximum absolute atomic E-state index is 13.2. The van der Waals surface area contributed by atoms with Gasteiger partial charge in [0.25, 0.3) is 11.8 Å². The van der Waals surface area contributed by atoms with E-state index in [1.807, 2.05) is 60.7 Å². The summed E-state index contributed by atoms with van der Waals surface area (Å²) in [6.07, 6.45) is 2.03. The Balaban J connectivity index is 1.31. The van der Waals surface area contributed by atoms with Gasteiger partial charge in [-0.05, 0) is 67.1 Å². The molecular weight excluding hydrogens is 428 g/mol. The fourth-order valence-electron chi connectivity index (χ4n) is 4.18. The third-order valence-electron chi connectivity index (χ3n) is 6.39. The van der Waals surface area contributed by atoms with E-state index in [2.05, 4.69) is 27.5 Å². The maximum Gasteiger partial charge on any atom is 0.259 e. The van der Waals surface area contributed by atoms with Crippen molar-refractivity contribution in [3.05, 3.63) is 66.2 Å². The van der Waals surface area contributed by atoms with Gasteiger partial charge in [-0.2, -0.15) is 0 Å². The van der Waals surface area contributed by atoms with Gasteiger partial charge in [0.1, 0.15) is 5.75 Å². The van der Waals surface area contributed by atoms with Crippen LogP contribution in [0.5, 0.6) is 5.75 Å². The molecule has 0 atom stereocenters. The number of benzene rings is 3. The Labute approximate surface area is 199 Å². The Hall–Kier alpha value is -3.58. The minimum absolute atomic E-state index is 0.116. The average Bonchev–Trinajstić information content (AvgIpc) is 3.67. The molecule has 5 rings (SSSR count). The second-order valence-corrected chi connectivity index (χ2v) is 9.12. The molecule has 176 valence electrons. The molecule has 1 aliphatic heterocycles. The molecule has 3 aromatic carbocycles. The van der Waals surface area contributed by atoms with E-state index >= 15 is 0 Å². The number of carbonyl (C=O) groups excluding carboxylic acids is 2. The van der Waals surface area contributed by atoms with Gasteiger partial charge in [-0.1, -0.05) is 24.3 Å². The van der Waals surface area contributed by atoms with Gasteiger partial charge in [0.05, 0.1) is 5.56 Å². The fraction of sp³-hybridized carbons (Fsp3) is 0.333. The van der Waals surface area contributed by atoms with Crippen molar-refractivity contribution in [2.45, 2.75) is 18.9 Å². The summed E-state index contributed by atoms with van der Waals surface area (Å²) in [5.41, 5.74) is 2.28. The van der Waals surface area contributed by atoms with Crippen LogP contribution in [0.1, 0.15) is 23.2 Å². The lowest BCUT2D eigenvalue weighted by Gasteiger charge is -2.34. The van der Waals surface area contributed by atoms with E-state index in [0.29, 0.717) is 17.0 Å². The molecule has 0 bridgehead atoms. The Bertz CT molecular complexity index is 1180. The lowest BCUT2D eigenvalue weighted by Crippen LogP contribution is -2.44. The number of carbonyl (C=O) groups is 2. The molecule has 34 heavy (non-hydrogen) atoms. The van der Waals surface area contributed by atoms with E-state index in [4.69, 9.17) is 4.74 Å². The van der Waals surface area contributed by atoms with Crippen LogP contribution in [0, 0.1) is 0 Å². The highest BCUT2D eigenvalue weighted by atomic mass is 16.5. The molecule has 7 heteroatoms. The van der Waals surface area contributed by atoms with Crippen molar-refractivity contribution in [1.82, 2.24) is 10.2 Å². The van der Waals surface area contributed by atoms with E-state index in [1.54, 1.807) is 0 Å². The molecule has 2 amide bonds. The molecule has 1 saturated heterocycles. The van der Waals surface area contributed by atoms with Crippen molar-refractivity contribution in [2.24, 2.45) is 0 Å². The maximum atomic E-state index is 13.2. The van der Waals surface area contributed by atoms with Gasteiger partial charge in [0.15, 0.2) is 6.61 Å². The zero-order chi connectivity index (χ0) is 23.5. The third kappa shape index (κ3) is 5.31. The van der Waals surface area contributed by atoms with Crippen molar-refractivity contribution in [3.8, 4) is 5.75 Å². The predicted octanol–water partition coefficient (Wildman–Crippen LogP) is 3.50. The summed E-state index contributed by atoms with van der Waals surface area (Å²) in [7, 11) is 2.14. The molecule has 2 N–H and O–H groups in total. The van der Waals surface area contributed by atoms with Gasteiger partial charge in [-0.25, -0.2) is 0 Å². The number of ether oxygens (including phenoxy) is 1. The second kappa shape index (κ2) is 9.73. The van der Waals surface area contributed by atoms with Crippen LogP contribution < -0.4 is 20.3 Å². The van der Waals surface area contributed by atoms with Crippen LogP contribution in [0.15, 0.2) is 60.7 Å². The molecule has 0 unspecified atom stereocenters. The number of fused-ring (bicyclic) bond motifs is 1. The number of rotatable bonds is 7. The Morgan fingerprint density at radius 3 is 2.29 bits per heavy atom. The topological polar surface area (TPSA) is 73.9 Å². The number of hydrogen-bond donors (Lipinski definition) is 2. The minimum Gasteiger partial charge on any atom is -0.483 e. The van der Waals surface area contributed by atoms with Crippen LogP contribution in [0.2, 0.25) is 0 Å². The third-order valence-corrected chi connectivity index (χ3v) is 6.39. The number of anilines is 2. The molecule has 2 fully saturated rings. The highest BCUT2D eigenvalue weighted by Crippen LogP contribution is 2.28. The zero-order valence-electron chi connectivity index (χ0n) is 19.4. The first-order valence-corrected chi connectivity index (χ1v) is 11.8. The molecular formula is C27H30N4O3. The molecule has 7 nitrogen and oxygen atoms in total. The summed E-state index contributed by atoms with van der Waals surface area (Å²) in [4.78, 5) is 30.0. The number of hydrogen-bond acceptors (Lipinski definition) is 5. The smallest absolute Gasteiger partial charge is 0.259 e. The van der Waals surface area contributed by atoms with Crippen molar-refractivity contribution in [2.75, 3.05) is 50.1 Å². The van der Waals surface area contributed by atoms with E-state index in [-0.39, 0.29) is 24.5 Å². The van der Waals surface area contributed by atoms with Gasteiger partial charge in [0, 0.05) is 43.6 Å². The lowest BCUT2D eigenvalue weighted by atomic mass is 10.1. The van der Waals surface area contributed by atoms with E-state index in [0.717, 1.165) is 55.5 Å². The fourth-order valence-corrected chi connectivity index (χ4v) is 4.18. The van der Waals surface area contributed by atoms with E-state index < -0.39 is 0 Å². The monoisotopic (exact) mass is 458 g/mol. The van der Waals surface area contributed by atoms with Crippen molar-refractivity contribution in [3.63, 3.8) is 0 Å². The number of amides is 2. The van der Waals surface area contributed by atoms with Crippen molar-refractivity contribution < 1.29 is 14.3 Å². The van der Waals surface area contributed by atoms with E-state index in [9.17, 15) is 9.59 Å². The average molecular weight is 459 g/mol. The number of likely N-dealkylation sites (N-methyl/N-ethyl adjacent to an activating group) is 1. The Kier molecular flexibility index (Phi) is 6.36. The summed E-state index contributed by atoms with van der Waals surface area (Å²) < 4.78 is 5.82. The Morgan fingerprint density at radius 2 is 1.62 bits per heavy atom. The van der Waals surface area contributed by atoms with Gasteiger partial charge in [-0.15, -0.1) is 0 Å². The van der Waals surface area contributed by atoms with Gasteiger partial charge < -0.3 is 25.2 Å². The minimum atomic E-state index is -0.268. The van der Waals surface area contributed by atoms with Crippen molar-refractivity contribution in [1.29, 1.82) is 0 Å². The SMILES string of the molecule is CN1CCN(c2ccc(NC(=O)c3cc4ccccc4cc3OCC(=O)NC3CC3)cc2)CC1. The van der Waals surface area contributed by atoms with Gasteiger partial charge in [0.2, 0.25) is 0 Å². The zero-order valence-corrected chi connectivity index (χ0v) is 19.4.